The van der Waals surface area contributed by atoms with Crippen molar-refractivity contribution in [2.24, 2.45) is 0 Å². The lowest BCUT2D eigenvalue weighted by atomic mass is 10.1. The number of carbonyl (C=O) groups excluding carboxylic acids is 2. The lowest BCUT2D eigenvalue weighted by molar-refractivity contribution is -0.123. The van der Waals surface area contributed by atoms with Crippen LogP contribution in [0.5, 0.6) is 17.2 Å². The van der Waals surface area contributed by atoms with Crippen molar-refractivity contribution in [2.75, 3.05) is 25.6 Å². The lowest BCUT2D eigenvalue weighted by Crippen LogP contribution is -2.30. The zero-order valence-corrected chi connectivity index (χ0v) is 16.6. The maximum Gasteiger partial charge on any atom is 0.342 e. The van der Waals surface area contributed by atoms with Gasteiger partial charge in [0.25, 0.3) is 5.91 Å². The number of carbonyl (C=O) groups is 2. The van der Waals surface area contributed by atoms with Crippen molar-refractivity contribution in [1.82, 2.24) is 0 Å². The van der Waals surface area contributed by atoms with Crippen LogP contribution in [-0.4, -0.2) is 38.3 Å². The molecule has 30 heavy (non-hydrogen) atoms. The molecule has 0 saturated heterocycles. The molecule has 7 heteroatoms. The van der Waals surface area contributed by atoms with E-state index in [0.29, 0.717) is 36.1 Å². The Morgan fingerprint density at radius 1 is 0.967 bits per heavy atom. The number of hydrogen-bond acceptors (Lipinski definition) is 6. The molecule has 1 aliphatic rings. The van der Waals surface area contributed by atoms with Crippen LogP contribution in [0.15, 0.2) is 54.6 Å². The van der Waals surface area contributed by atoms with Gasteiger partial charge >= 0.3 is 5.97 Å². The smallest absolute Gasteiger partial charge is 0.342 e. The molecule has 0 radical (unpaired) electrons. The molecule has 0 aliphatic carbocycles. The van der Waals surface area contributed by atoms with Crippen LogP contribution < -0.4 is 19.5 Å². The van der Waals surface area contributed by atoms with Gasteiger partial charge in [0, 0.05) is 11.8 Å². The molecular formula is C23H21NO6. The van der Waals surface area contributed by atoms with Crippen LogP contribution in [0.2, 0.25) is 0 Å². The first-order valence-corrected chi connectivity index (χ1v) is 9.53. The summed E-state index contributed by atoms with van der Waals surface area (Å²) in [5, 5.41) is 4.54. The van der Waals surface area contributed by atoms with Crippen LogP contribution in [0, 0.1) is 0 Å². The van der Waals surface area contributed by atoms with Crippen LogP contribution in [-0.2, 0) is 9.53 Å². The summed E-state index contributed by atoms with van der Waals surface area (Å²) in [5.41, 5.74) is 0.783. The Hall–Kier alpha value is -3.74. The molecule has 4 rings (SSSR count). The van der Waals surface area contributed by atoms with Crippen LogP contribution in [0.25, 0.3) is 10.8 Å². The molecule has 1 aliphatic heterocycles. The number of fused-ring (bicyclic) bond motifs is 2. The summed E-state index contributed by atoms with van der Waals surface area (Å²) < 4.78 is 21.7. The summed E-state index contributed by atoms with van der Waals surface area (Å²) in [5.74, 6) is 0.479. The number of esters is 1. The summed E-state index contributed by atoms with van der Waals surface area (Å²) in [6, 6.07) is 16.2. The second-order valence-electron chi connectivity index (χ2n) is 6.79. The van der Waals surface area contributed by atoms with Crippen molar-refractivity contribution in [2.45, 2.75) is 13.0 Å². The van der Waals surface area contributed by atoms with Gasteiger partial charge in [0.2, 0.25) is 0 Å². The van der Waals surface area contributed by atoms with Gasteiger partial charge in [-0.3, -0.25) is 4.79 Å². The van der Waals surface area contributed by atoms with Crippen molar-refractivity contribution in [3.8, 4) is 17.2 Å². The first kappa shape index (κ1) is 19.6. The largest absolute Gasteiger partial charge is 0.496 e. The number of nitrogens with one attached hydrogen (secondary N) is 1. The molecule has 7 nitrogen and oxygen atoms in total. The molecule has 3 aromatic rings. The SMILES string of the molecule is COc1cc2ccccc2cc1C(=O)O[C@H](C)C(=O)Nc1ccc2c(c1)OCCO2. The van der Waals surface area contributed by atoms with Gasteiger partial charge in [-0.25, -0.2) is 4.79 Å². The number of anilines is 1. The predicted molar refractivity (Wildman–Crippen MR) is 111 cm³/mol. The second kappa shape index (κ2) is 8.32. The van der Waals surface area contributed by atoms with Crippen molar-refractivity contribution < 1.29 is 28.5 Å². The number of benzene rings is 3. The lowest BCUT2D eigenvalue weighted by Gasteiger charge is -2.19. The molecule has 0 spiro atoms. The van der Waals surface area contributed by atoms with E-state index in [4.69, 9.17) is 18.9 Å². The van der Waals surface area contributed by atoms with Gasteiger partial charge in [0.05, 0.1) is 7.11 Å². The summed E-state index contributed by atoms with van der Waals surface area (Å²) in [4.78, 5) is 25.2. The molecule has 154 valence electrons. The van der Waals surface area contributed by atoms with E-state index >= 15 is 0 Å². The minimum absolute atomic E-state index is 0.259. The van der Waals surface area contributed by atoms with E-state index in [1.807, 2.05) is 24.3 Å². The Kier molecular flexibility index (Phi) is 5.43. The van der Waals surface area contributed by atoms with Gasteiger partial charge in [-0.1, -0.05) is 24.3 Å². The molecule has 3 aromatic carbocycles. The molecule has 0 bridgehead atoms. The maximum atomic E-state index is 12.7. The van der Waals surface area contributed by atoms with E-state index in [1.165, 1.54) is 14.0 Å². The highest BCUT2D eigenvalue weighted by molar-refractivity contribution is 6.01. The number of methoxy groups -OCH3 is 1. The average molecular weight is 407 g/mol. The molecule has 1 heterocycles. The Morgan fingerprint density at radius 3 is 2.40 bits per heavy atom. The quantitative estimate of drug-likeness (QED) is 0.648. The Balaban J connectivity index is 1.46. The Labute approximate surface area is 173 Å². The number of hydrogen-bond donors (Lipinski definition) is 1. The zero-order valence-electron chi connectivity index (χ0n) is 16.6. The van der Waals surface area contributed by atoms with Gasteiger partial charge < -0.3 is 24.3 Å². The summed E-state index contributed by atoms with van der Waals surface area (Å²) >= 11 is 0. The molecule has 0 saturated carbocycles. The third kappa shape index (κ3) is 4.00. The van der Waals surface area contributed by atoms with Crippen LogP contribution in [0.3, 0.4) is 0 Å². The normalized spacial score (nSPS) is 13.4. The monoisotopic (exact) mass is 407 g/mol. The van der Waals surface area contributed by atoms with Gasteiger partial charge in [-0.2, -0.15) is 0 Å². The molecule has 0 aromatic heterocycles. The Bertz CT molecular complexity index is 1110. The second-order valence-corrected chi connectivity index (χ2v) is 6.79. The third-order valence-corrected chi connectivity index (χ3v) is 4.75. The highest BCUT2D eigenvalue weighted by atomic mass is 16.6. The van der Waals surface area contributed by atoms with Crippen LogP contribution in [0.1, 0.15) is 17.3 Å². The van der Waals surface area contributed by atoms with Gasteiger partial charge in [-0.05, 0) is 42.0 Å². The first-order valence-electron chi connectivity index (χ1n) is 9.53. The van der Waals surface area contributed by atoms with E-state index in [0.717, 1.165) is 10.8 Å². The molecule has 0 unspecified atom stereocenters. The van der Waals surface area contributed by atoms with Crippen molar-refractivity contribution in [3.63, 3.8) is 0 Å². The summed E-state index contributed by atoms with van der Waals surface area (Å²) in [7, 11) is 1.49. The van der Waals surface area contributed by atoms with E-state index in [1.54, 1.807) is 30.3 Å². The summed E-state index contributed by atoms with van der Waals surface area (Å²) in [6.45, 7) is 2.45. The van der Waals surface area contributed by atoms with Crippen LogP contribution in [0.4, 0.5) is 5.69 Å². The third-order valence-electron chi connectivity index (χ3n) is 4.75. The molecule has 1 atom stereocenters. The fourth-order valence-electron chi connectivity index (χ4n) is 3.19. The standard InChI is InChI=1S/C23H21NO6/c1-14(22(25)24-17-7-8-19-21(13-17)29-10-9-28-19)30-23(26)18-11-15-5-3-4-6-16(15)12-20(18)27-2/h3-8,11-14H,9-10H2,1-2H3,(H,24,25)/t14-/m1/s1. The Morgan fingerprint density at radius 2 is 1.67 bits per heavy atom. The minimum atomic E-state index is -1.01. The van der Waals surface area contributed by atoms with Crippen molar-refractivity contribution in [1.29, 1.82) is 0 Å². The maximum absolute atomic E-state index is 12.7. The van der Waals surface area contributed by atoms with Crippen molar-refractivity contribution >= 4 is 28.3 Å². The van der Waals surface area contributed by atoms with Crippen LogP contribution >= 0.6 is 0 Å². The van der Waals surface area contributed by atoms with Gasteiger partial charge in [0.1, 0.15) is 24.5 Å². The molecule has 1 N–H and O–H groups in total. The predicted octanol–water partition coefficient (Wildman–Crippen LogP) is 3.80. The molecule has 0 fully saturated rings. The number of amides is 1. The van der Waals surface area contributed by atoms with E-state index in [9.17, 15) is 9.59 Å². The van der Waals surface area contributed by atoms with Gasteiger partial charge in [0.15, 0.2) is 17.6 Å². The highest BCUT2D eigenvalue weighted by Gasteiger charge is 2.22. The topological polar surface area (TPSA) is 83.1 Å². The van der Waals surface area contributed by atoms with Gasteiger partial charge in [-0.15, -0.1) is 0 Å². The summed E-state index contributed by atoms with van der Waals surface area (Å²) in [6.07, 6.45) is -1.01. The highest BCUT2D eigenvalue weighted by Crippen LogP contribution is 2.32. The van der Waals surface area contributed by atoms with E-state index < -0.39 is 18.0 Å². The molecule has 1 amide bonds. The number of rotatable bonds is 5. The fraction of sp³-hybridized carbons (Fsp3) is 0.217. The number of ether oxygens (including phenoxy) is 4. The van der Waals surface area contributed by atoms with E-state index in [-0.39, 0.29) is 5.56 Å². The van der Waals surface area contributed by atoms with Crippen molar-refractivity contribution in [3.05, 3.63) is 60.2 Å². The average Bonchev–Trinajstić information content (AvgIpc) is 2.77. The zero-order chi connectivity index (χ0) is 21.1. The fourth-order valence-corrected chi connectivity index (χ4v) is 3.19. The van der Waals surface area contributed by atoms with E-state index in [2.05, 4.69) is 5.32 Å². The molecular weight excluding hydrogens is 386 g/mol. The first-order chi connectivity index (χ1) is 14.5. The minimum Gasteiger partial charge on any atom is -0.496 e.